The SMILES string of the molecule is CCN(CC)CCCNC(=O)CCn1cc([N+](=O)[O-])c(OC)n1. The van der Waals surface area contributed by atoms with E-state index in [1.165, 1.54) is 18.0 Å². The van der Waals surface area contributed by atoms with Gasteiger partial charge in [0, 0.05) is 13.0 Å². The fourth-order valence-corrected chi connectivity index (χ4v) is 2.15. The van der Waals surface area contributed by atoms with E-state index in [4.69, 9.17) is 4.74 Å². The molecule has 1 amide bonds. The number of nitrogens with zero attached hydrogens (tertiary/aromatic N) is 4. The van der Waals surface area contributed by atoms with E-state index >= 15 is 0 Å². The molecule has 0 aliphatic heterocycles. The van der Waals surface area contributed by atoms with Crippen LogP contribution < -0.4 is 10.1 Å². The molecule has 9 nitrogen and oxygen atoms in total. The number of carbonyl (C=O) groups is 1. The fourth-order valence-electron chi connectivity index (χ4n) is 2.15. The van der Waals surface area contributed by atoms with Crippen LogP contribution in [0.3, 0.4) is 0 Å². The Labute approximate surface area is 135 Å². The second-order valence-corrected chi connectivity index (χ2v) is 5.02. The number of nitrogens with one attached hydrogen (secondary N) is 1. The number of methoxy groups -OCH3 is 1. The molecule has 0 aliphatic rings. The topological polar surface area (TPSA) is 103 Å². The molecule has 1 aromatic rings. The van der Waals surface area contributed by atoms with Crippen LogP contribution in [-0.2, 0) is 11.3 Å². The molecule has 0 aromatic carbocycles. The summed E-state index contributed by atoms with van der Waals surface area (Å²) >= 11 is 0. The van der Waals surface area contributed by atoms with Crippen LogP contribution in [0.4, 0.5) is 5.69 Å². The van der Waals surface area contributed by atoms with Crippen molar-refractivity contribution in [3.63, 3.8) is 0 Å². The van der Waals surface area contributed by atoms with Crippen molar-refractivity contribution in [3.8, 4) is 5.88 Å². The third kappa shape index (κ3) is 6.23. The Kier molecular flexibility index (Phi) is 8.03. The molecule has 1 aromatic heterocycles. The number of aryl methyl sites for hydroxylation is 1. The zero-order chi connectivity index (χ0) is 17.2. The van der Waals surface area contributed by atoms with Gasteiger partial charge in [-0.05, 0) is 26.1 Å². The molecule has 130 valence electrons. The second-order valence-electron chi connectivity index (χ2n) is 5.02. The smallest absolute Gasteiger partial charge is 0.350 e. The van der Waals surface area contributed by atoms with Gasteiger partial charge in [0.1, 0.15) is 6.20 Å². The lowest BCUT2D eigenvalue weighted by Gasteiger charge is -2.17. The molecule has 0 bridgehead atoms. The maximum atomic E-state index is 11.8. The number of carbonyl (C=O) groups excluding carboxylic acids is 1. The van der Waals surface area contributed by atoms with Gasteiger partial charge in [-0.2, -0.15) is 0 Å². The molecule has 0 saturated heterocycles. The molecule has 23 heavy (non-hydrogen) atoms. The standard InChI is InChI=1S/C14H25N5O4/c1-4-17(5-2)9-6-8-15-13(20)7-10-18-11-12(19(21)22)14(16-18)23-3/h11H,4-10H2,1-3H3,(H,15,20). The van der Waals surface area contributed by atoms with Crippen molar-refractivity contribution in [1.82, 2.24) is 20.0 Å². The Bertz CT molecular complexity index is 513. The van der Waals surface area contributed by atoms with Crippen LogP contribution in [0.5, 0.6) is 5.88 Å². The summed E-state index contributed by atoms with van der Waals surface area (Å²) in [7, 11) is 1.32. The summed E-state index contributed by atoms with van der Waals surface area (Å²) in [5.41, 5.74) is -0.202. The van der Waals surface area contributed by atoms with E-state index in [0.717, 1.165) is 26.1 Å². The van der Waals surface area contributed by atoms with Crippen LogP contribution >= 0.6 is 0 Å². The summed E-state index contributed by atoms with van der Waals surface area (Å²) < 4.78 is 6.19. The summed E-state index contributed by atoms with van der Waals surface area (Å²) in [6.45, 7) is 8.08. The van der Waals surface area contributed by atoms with Gasteiger partial charge < -0.3 is 15.0 Å². The summed E-state index contributed by atoms with van der Waals surface area (Å²) in [4.78, 5) is 24.3. The zero-order valence-corrected chi connectivity index (χ0v) is 13.9. The van der Waals surface area contributed by atoms with E-state index in [2.05, 4.69) is 29.2 Å². The Morgan fingerprint density at radius 1 is 1.48 bits per heavy atom. The minimum absolute atomic E-state index is 0.0466. The van der Waals surface area contributed by atoms with Gasteiger partial charge in [-0.3, -0.25) is 19.6 Å². The average molecular weight is 327 g/mol. The van der Waals surface area contributed by atoms with Gasteiger partial charge >= 0.3 is 11.6 Å². The van der Waals surface area contributed by atoms with Crippen molar-refractivity contribution in [2.24, 2.45) is 0 Å². The highest BCUT2D eigenvalue weighted by atomic mass is 16.6. The highest BCUT2D eigenvalue weighted by Crippen LogP contribution is 2.23. The maximum absolute atomic E-state index is 11.8. The van der Waals surface area contributed by atoms with Gasteiger partial charge in [0.15, 0.2) is 0 Å². The average Bonchev–Trinajstić information content (AvgIpc) is 2.96. The van der Waals surface area contributed by atoms with Gasteiger partial charge in [-0.1, -0.05) is 13.8 Å². The first-order valence-electron chi connectivity index (χ1n) is 7.76. The molecule has 1 heterocycles. The van der Waals surface area contributed by atoms with Crippen LogP contribution in [0, 0.1) is 10.1 Å². The van der Waals surface area contributed by atoms with Crippen LogP contribution in [0.1, 0.15) is 26.7 Å². The minimum Gasteiger partial charge on any atom is -0.475 e. The Hall–Kier alpha value is -2.16. The van der Waals surface area contributed by atoms with Gasteiger partial charge in [0.05, 0.1) is 18.6 Å². The molecule has 0 atom stereocenters. The van der Waals surface area contributed by atoms with E-state index in [0.29, 0.717) is 6.54 Å². The van der Waals surface area contributed by atoms with E-state index < -0.39 is 4.92 Å². The molecule has 9 heteroatoms. The van der Waals surface area contributed by atoms with Crippen LogP contribution in [-0.4, -0.2) is 58.8 Å². The van der Waals surface area contributed by atoms with Gasteiger partial charge in [-0.25, -0.2) is 0 Å². The van der Waals surface area contributed by atoms with E-state index in [-0.39, 0.29) is 30.4 Å². The normalized spacial score (nSPS) is 10.8. The first-order chi connectivity index (χ1) is 11.0. The van der Waals surface area contributed by atoms with Gasteiger partial charge in [0.25, 0.3) is 0 Å². The van der Waals surface area contributed by atoms with E-state index in [9.17, 15) is 14.9 Å². The van der Waals surface area contributed by atoms with Crippen molar-refractivity contribution in [1.29, 1.82) is 0 Å². The Morgan fingerprint density at radius 2 is 2.17 bits per heavy atom. The Morgan fingerprint density at radius 3 is 2.70 bits per heavy atom. The number of ether oxygens (including phenoxy) is 1. The lowest BCUT2D eigenvalue weighted by Crippen LogP contribution is -2.30. The van der Waals surface area contributed by atoms with Crippen molar-refractivity contribution >= 4 is 11.6 Å². The van der Waals surface area contributed by atoms with Crippen LogP contribution in [0.25, 0.3) is 0 Å². The highest BCUT2D eigenvalue weighted by molar-refractivity contribution is 5.75. The predicted molar refractivity (Wildman–Crippen MR) is 85.5 cm³/mol. The fraction of sp³-hybridized carbons (Fsp3) is 0.714. The molecule has 0 radical (unpaired) electrons. The molecule has 0 aliphatic carbocycles. The first kappa shape index (κ1) is 18.9. The third-order valence-corrected chi connectivity index (χ3v) is 3.54. The monoisotopic (exact) mass is 327 g/mol. The summed E-state index contributed by atoms with van der Waals surface area (Å²) in [5.74, 6) is -0.142. The molecular formula is C14H25N5O4. The lowest BCUT2D eigenvalue weighted by atomic mass is 10.3. The minimum atomic E-state index is -0.560. The summed E-state index contributed by atoms with van der Waals surface area (Å²) in [5, 5.41) is 17.6. The van der Waals surface area contributed by atoms with E-state index in [1.807, 2.05) is 0 Å². The molecular weight excluding hydrogens is 302 g/mol. The Balaban J connectivity index is 2.32. The van der Waals surface area contributed by atoms with Crippen LogP contribution in [0.15, 0.2) is 6.20 Å². The predicted octanol–water partition coefficient (Wildman–Crippen LogP) is 1.04. The van der Waals surface area contributed by atoms with Crippen molar-refractivity contribution in [3.05, 3.63) is 16.3 Å². The number of aromatic nitrogens is 2. The van der Waals surface area contributed by atoms with Crippen molar-refractivity contribution in [2.45, 2.75) is 33.2 Å². The summed E-state index contributed by atoms with van der Waals surface area (Å²) in [6, 6.07) is 0. The molecule has 0 unspecified atom stereocenters. The number of amides is 1. The largest absolute Gasteiger partial charge is 0.475 e. The van der Waals surface area contributed by atoms with Crippen LogP contribution in [0.2, 0.25) is 0 Å². The number of hydrogen-bond donors (Lipinski definition) is 1. The van der Waals surface area contributed by atoms with Gasteiger partial charge in [-0.15, -0.1) is 5.10 Å². The maximum Gasteiger partial charge on any atom is 0.350 e. The second kappa shape index (κ2) is 9.78. The molecule has 1 rings (SSSR count). The number of hydrogen-bond acceptors (Lipinski definition) is 6. The molecule has 0 fully saturated rings. The van der Waals surface area contributed by atoms with Crippen molar-refractivity contribution < 1.29 is 14.5 Å². The molecule has 0 spiro atoms. The molecule has 0 saturated carbocycles. The summed E-state index contributed by atoms with van der Waals surface area (Å²) in [6.07, 6.45) is 2.38. The first-order valence-corrected chi connectivity index (χ1v) is 7.76. The quantitative estimate of drug-likeness (QED) is 0.370. The third-order valence-electron chi connectivity index (χ3n) is 3.54. The lowest BCUT2D eigenvalue weighted by molar-refractivity contribution is -0.385. The molecule has 1 N–H and O–H groups in total. The number of rotatable bonds is 11. The van der Waals surface area contributed by atoms with Gasteiger partial charge in [0.2, 0.25) is 5.91 Å². The number of nitro groups is 1. The zero-order valence-electron chi connectivity index (χ0n) is 13.9. The highest BCUT2D eigenvalue weighted by Gasteiger charge is 2.20. The van der Waals surface area contributed by atoms with Crippen molar-refractivity contribution in [2.75, 3.05) is 33.3 Å². The van der Waals surface area contributed by atoms with E-state index in [1.54, 1.807) is 0 Å².